The highest BCUT2D eigenvalue weighted by molar-refractivity contribution is 5.92. The van der Waals surface area contributed by atoms with E-state index in [0.717, 1.165) is 25.9 Å². The molecule has 1 fully saturated rings. The fourth-order valence-electron chi connectivity index (χ4n) is 1.97. The Morgan fingerprint density at radius 2 is 2.56 bits per heavy atom. The van der Waals surface area contributed by atoms with E-state index in [1.165, 1.54) is 0 Å². The van der Waals surface area contributed by atoms with Crippen molar-refractivity contribution in [1.29, 1.82) is 0 Å². The lowest BCUT2D eigenvalue weighted by molar-refractivity contribution is 0.0949. The maximum absolute atomic E-state index is 11.6. The highest BCUT2D eigenvalue weighted by Crippen LogP contribution is 2.16. The Kier molecular flexibility index (Phi) is 4.52. The molecule has 0 aliphatic carbocycles. The predicted molar refractivity (Wildman–Crippen MR) is 68.8 cm³/mol. The molecule has 0 radical (unpaired) electrons. The number of nitrogens with zero attached hydrogens (tertiary/aromatic N) is 1. The first-order valence-corrected chi connectivity index (χ1v) is 6.41. The van der Waals surface area contributed by atoms with Gasteiger partial charge in [-0.15, -0.1) is 0 Å². The summed E-state index contributed by atoms with van der Waals surface area (Å²) in [6.45, 7) is 4.39. The van der Waals surface area contributed by atoms with E-state index in [4.69, 9.17) is 4.74 Å². The maximum atomic E-state index is 11.6. The summed E-state index contributed by atoms with van der Waals surface area (Å²) in [6, 6.07) is 3.48. The van der Waals surface area contributed by atoms with E-state index < -0.39 is 0 Å². The Labute approximate surface area is 107 Å². The lowest BCUT2D eigenvalue weighted by Gasteiger charge is -2.23. The molecule has 5 nitrogen and oxygen atoms in total. The number of amides is 1. The summed E-state index contributed by atoms with van der Waals surface area (Å²) in [5, 5.41) is 6.02. The molecule has 1 amide bonds. The molecule has 1 aliphatic rings. The SMILES string of the molecule is CCNC(=O)c1cc(O[C@H]2CCCNC2)ccn1. The first-order chi connectivity index (χ1) is 8.79. The number of carbonyl (C=O) groups is 1. The van der Waals surface area contributed by atoms with Gasteiger partial charge in [0.25, 0.3) is 5.91 Å². The van der Waals surface area contributed by atoms with Crippen LogP contribution in [0.15, 0.2) is 18.3 Å². The molecule has 2 heterocycles. The topological polar surface area (TPSA) is 63.2 Å². The van der Waals surface area contributed by atoms with Crippen molar-refractivity contribution in [3.8, 4) is 5.75 Å². The van der Waals surface area contributed by atoms with E-state index in [1.54, 1.807) is 18.3 Å². The van der Waals surface area contributed by atoms with Crippen LogP contribution in [0.5, 0.6) is 5.75 Å². The number of ether oxygens (including phenoxy) is 1. The molecule has 5 heteroatoms. The molecular weight excluding hydrogens is 230 g/mol. The van der Waals surface area contributed by atoms with E-state index in [9.17, 15) is 4.79 Å². The van der Waals surface area contributed by atoms with Crippen LogP contribution in [0.4, 0.5) is 0 Å². The minimum atomic E-state index is -0.162. The minimum absolute atomic E-state index is 0.162. The lowest BCUT2D eigenvalue weighted by atomic mass is 10.1. The third-order valence-corrected chi connectivity index (χ3v) is 2.86. The number of carbonyl (C=O) groups excluding carboxylic acids is 1. The lowest BCUT2D eigenvalue weighted by Crippen LogP contribution is -2.37. The maximum Gasteiger partial charge on any atom is 0.270 e. The molecule has 2 N–H and O–H groups in total. The van der Waals surface area contributed by atoms with Gasteiger partial charge in [-0.1, -0.05) is 0 Å². The van der Waals surface area contributed by atoms with Crippen molar-refractivity contribution in [2.45, 2.75) is 25.9 Å². The molecule has 1 atom stereocenters. The minimum Gasteiger partial charge on any atom is -0.489 e. The van der Waals surface area contributed by atoms with E-state index >= 15 is 0 Å². The smallest absolute Gasteiger partial charge is 0.270 e. The first kappa shape index (κ1) is 12.8. The zero-order valence-electron chi connectivity index (χ0n) is 10.6. The molecule has 1 saturated heterocycles. The predicted octanol–water partition coefficient (Wildman–Crippen LogP) is 0.962. The fourth-order valence-corrected chi connectivity index (χ4v) is 1.97. The zero-order valence-corrected chi connectivity index (χ0v) is 10.6. The second kappa shape index (κ2) is 6.35. The van der Waals surface area contributed by atoms with Crippen molar-refractivity contribution in [2.75, 3.05) is 19.6 Å². The summed E-state index contributed by atoms with van der Waals surface area (Å²) < 4.78 is 5.84. The van der Waals surface area contributed by atoms with Crippen molar-refractivity contribution in [2.24, 2.45) is 0 Å². The van der Waals surface area contributed by atoms with Crippen molar-refractivity contribution in [3.05, 3.63) is 24.0 Å². The van der Waals surface area contributed by atoms with E-state index in [-0.39, 0.29) is 12.0 Å². The second-order valence-electron chi connectivity index (χ2n) is 4.32. The van der Waals surface area contributed by atoms with Crippen LogP contribution < -0.4 is 15.4 Å². The highest BCUT2D eigenvalue weighted by Gasteiger charge is 2.15. The molecule has 0 unspecified atom stereocenters. The Morgan fingerprint density at radius 3 is 3.28 bits per heavy atom. The summed E-state index contributed by atoms with van der Waals surface area (Å²) >= 11 is 0. The summed E-state index contributed by atoms with van der Waals surface area (Å²) in [5.41, 5.74) is 0.401. The summed E-state index contributed by atoms with van der Waals surface area (Å²) in [5.74, 6) is 0.546. The summed E-state index contributed by atoms with van der Waals surface area (Å²) in [6.07, 6.45) is 3.96. The molecular formula is C13H19N3O2. The number of aromatic nitrogens is 1. The van der Waals surface area contributed by atoms with E-state index in [0.29, 0.717) is 18.0 Å². The summed E-state index contributed by atoms with van der Waals surface area (Å²) in [4.78, 5) is 15.7. The zero-order chi connectivity index (χ0) is 12.8. The number of piperidine rings is 1. The van der Waals surface area contributed by atoms with Crippen LogP contribution in [0.25, 0.3) is 0 Å². The van der Waals surface area contributed by atoms with Crippen LogP contribution in [0.1, 0.15) is 30.3 Å². The second-order valence-corrected chi connectivity index (χ2v) is 4.32. The average Bonchev–Trinajstić information content (AvgIpc) is 2.40. The quantitative estimate of drug-likeness (QED) is 0.834. The van der Waals surface area contributed by atoms with Gasteiger partial charge in [-0.05, 0) is 32.4 Å². The van der Waals surface area contributed by atoms with Crippen LogP contribution >= 0.6 is 0 Å². The van der Waals surface area contributed by atoms with Crippen LogP contribution in [-0.2, 0) is 0 Å². The van der Waals surface area contributed by atoms with Gasteiger partial charge in [-0.2, -0.15) is 0 Å². The van der Waals surface area contributed by atoms with Gasteiger partial charge in [0.1, 0.15) is 17.5 Å². The van der Waals surface area contributed by atoms with Crippen molar-refractivity contribution in [3.63, 3.8) is 0 Å². The van der Waals surface area contributed by atoms with Gasteiger partial charge in [-0.3, -0.25) is 9.78 Å². The fraction of sp³-hybridized carbons (Fsp3) is 0.538. The Bertz CT molecular complexity index is 403. The average molecular weight is 249 g/mol. The third-order valence-electron chi connectivity index (χ3n) is 2.86. The Balaban J connectivity index is 2.00. The van der Waals surface area contributed by atoms with E-state index in [1.807, 2.05) is 6.92 Å². The number of pyridine rings is 1. The molecule has 2 rings (SSSR count). The largest absolute Gasteiger partial charge is 0.489 e. The van der Waals surface area contributed by atoms with Gasteiger partial charge in [0.05, 0.1) is 0 Å². The van der Waals surface area contributed by atoms with Gasteiger partial charge in [0.15, 0.2) is 0 Å². The molecule has 0 aromatic carbocycles. The van der Waals surface area contributed by atoms with Crippen molar-refractivity contribution >= 4 is 5.91 Å². The normalized spacial score (nSPS) is 19.3. The number of hydrogen-bond donors (Lipinski definition) is 2. The monoisotopic (exact) mass is 249 g/mol. The Hall–Kier alpha value is -1.62. The number of hydrogen-bond acceptors (Lipinski definition) is 4. The molecule has 0 saturated carbocycles. The van der Waals surface area contributed by atoms with Crippen LogP contribution in [0.2, 0.25) is 0 Å². The molecule has 0 bridgehead atoms. The Morgan fingerprint density at radius 1 is 1.67 bits per heavy atom. The van der Waals surface area contributed by atoms with Gasteiger partial charge >= 0.3 is 0 Å². The number of rotatable bonds is 4. The molecule has 1 aliphatic heterocycles. The molecule has 1 aromatic rings. The van der Waals surface area contributed by atoms with Gasteiger partial charge in [0.2, 0.25) is 0 Å². The molecule has 98 valence electrons. The van der Waals surface area contributed by atoms with Crippen molar-refractivity contribution < 1.29 is 9.53 Å². The third kappa shape index (κ3) is 3.43. The van der Waals surface area contributed by atoms with Gasteiger partial charge in [-0.25, -0.2) is 0 Å². The molecule has 0 spiro atoms. The van der Waals surface area contributed by atoms with Crippen LogP contribution in [0.3, 0.4) is 0 Å². The molecule has 1 aromatic heterocycles. The van der Waals surface area contributed by atoms with Crippen LogP contribution in [0, 0.1) is 0 Å². The standard InChI is InChI=1S/C13H19N3O2/c1-2-15-13(17)12-8-10(5-7-16-12)18-11-4-3-6-14-9-11/h5,7-8,11,14H,2-4,6,9H2,1H3,(H,15,17)/t11-/m0/s1. The van der Waals surface area contributed by atoms with Gasteiger partial charge in [0, 0.05) is 25.4 Å². The summed E-state index contributed by atoms with van der Waals surface area (Å²) in [7, 11) is 0. The van der Waals surface area contributed by atoms with Crippen molar-refractivity contribution in [1.82, 2.24) is 15.6 Å². The first-order valence-electron chi connectivity index (χ1n) is 6.41. The molecule has 18 heavy (non-hydrogen) atoms. The number of nitrogens with one attached hydrogen (secondary N) is 2. The highest BCUT2D eigenvalue weighted by atomic mass is 16.5. The van der Waals surface area contributed by atoms with Crippen LogP contribution in [-0.4, -0.2) is 36.6 Å². The van der Waals surface area contributed by atoms with Gasteiger partial charge < -0.3 is 15.4 Å². The van der Waals surface area contributed by atoms with E-state index in [2.05, 4.69) is 15.6 Å².